The van der Waals surface area contributed by atoms with Gasteiger partial charge in [-0.3, -0.25) is 4.90 Å². The van der Waals surface area contributed by atoms with Crippen LogP contribution in [-0.2, 0) is 10.0 Å². The molecular formula is C7H13F3N2O3S. The molecule has 5 nitrogen and oxygen atoms in total. The Morgan fingerprint density at radius 3 is 2.00 bits per heavy atom. The molecule has 0 aliphatic carbocycles. The summed E-state index contributed by atoms with van der Waals surface area (Å²) in [6, 6.07) is 0. The van der Waals surface area contributed by atoms with Crippen LogP contribution in [-0.4, -0.2) is 67.6 Å². The predicted octanol–water partition coefficient (Wildman–Crippen LogP) is -0.554. The van der Waals surface area contributed by atoms with Gasteiger partial charge in [0.2, 0.25) is 0 Å². The van der Waals surface area contributed by atoms with E-state index in [1.807, 2.05) is 0 Å². The zero-order valence-electron chi connectivity index (χ0n) is 8.44. The second kappa shape index (κ2) is 4.86. The van der Waals surface area contributed by atoms with Crippen molar-refractivity contribution < 1.29 is 26.7 Å². The van der Waals surface area contributed by atoms with Crippen LogP contribution in [0.25, 0.3) is 0 Å². The largest absolute Gasteiger partial charge is 0.511 e. The minimum absolute atomic E-state index is 0.0912. The Morgan fingerprint density at radius 2 is 1.62 bits per heavy atom. The molecule has 1 fully saturated rings. The van der Waals surface area contributed by atoms with Gasteiger partial charge in [-0.15, -0.1) is 0 Å². The third kappa shape index (κ3) is 2.84. The molecule has 9 heteroatoms. The minimum Gasteiger partial charge on any atom is -0.395 e. The fourth-order valence-electron chi connectivity index (χ4n) is 1.48. The summed E-state index contributed by atoms with van der Waals surface area (Å²) >= 11 is 0. The summed E-state index contributed by atoms with van der Waals surface area (Å²) < 4.78 is 59.0. The number of hydrogen-bond donors (Lipinski definition) is 1. The van der Waals surface area contributed by atoms with Gasteiger partial charge in [0.15, 0.2) is 0 Å². The Hall–Kier alpha value is -0.380. The summed E-state index contributed by atoms with van der Waals surface area (Å²) in [7, 11) is -5.19. The van der Waals surface area contributed by atoms with Crippen LogP contribution in [0.2, 0.25) is 0 Å². The molecule has 0 unspecified atom stereocenters. The average molecular weight is 262 g/mol. The quantitative estimate of drug-likeness (QED) is 0.741. The second-order valence-corrected chi connectivity index (χ2v) is 5.34. The van der Waals surface area contributed by atoms with Crippen LogP contribution < -0.4 is 0 Å². The van der Waals surface area contributed by atoms with Crippen LogP contribution in [0.5, 0.6) is 0 Å². The number of rotatable bonds is 3. The van der Waals surface area contributed by atoms with E-state index in [-0.39, 0.29) is 32.8 Å². The summed E-state index contributed by atoms with van der Waals surface area (Å²) in [4.78, 5) is 1.71. The highest BCUT2D eigenvalue weighted by Crippen LogP contribution is 2.27. The third-order valence-corrected chi connectivity index (χ3v) is 4.01. The zero-order valence-corrected chi connectivity index (χ0v) is 9.26. The molecule has 1 rings (SSSR count). The number of hydrogen-bond acceptors (Lipinski definition) is 4. The number of aliphatic hydroxyl groups is 1. The molecule has 1 aliphatic rings. The van der Waals surface area contributed by atoms with E-state index in [0.717, 1.165) is 0 Å². The van der Waals surface area contributed by atoms with E-state index in [1.165, 1.54) is 0 Å². The van der Waals surface area contributed by atoms with Crippen molar-refractivity contribution in [1.29, 1.82) is 0 Å². The SMILES string of the molecule is O=S(=O)(N1CCN(CCO)CC1)C(F)(F)F. The number of nitrogens with zero attached hydrogens (tertiary/aromatic N) is 2. The van der Waals surface area contributed by atoms with Gasteiger partial charge in [0.1, 0.15) is 0 Å². The van der Waals surface area contributed by atoms with Gasteiger partial charge in [-0.2, -0.15) is 17.5 Å². The van der Waals surface area contributed by atoms with Crippen molar-refractivity contribution in [3.8, 4) is 0 Å². The van der Waals surface area contributed by atoms with Gasteiger partial charge in [-0.1, -0.05) is 0 Å². The van der Waals surface area contributed by atoms with Gasteiger partial charge >= 0.3 is 15.5 Å². The average Bonchev–Trinajstić information content (AvgIpc) is 2.17. The summed E-state index contributed by atoms with van der Waals surface area (Å²) in [5.41, 5.74) is -5.23. The zero-order chi connectivity index (χ0) is 12.4. The highest BCUT2D eigenvalue weighted by molar-refractivity contribution is 7.90. The van der Waals surface area contributed by atoms with E-state index < -0.39 is 15.5 Å². The second-order valence-electron chi connectivity index (χ2n) is 3.42. The van der Waals surface area contributed by atoms with Crippen molar-refractivity contribution >= 4 is 10.0 Å². The Labute approximate surface area is 91.5 Å². The molecule has 0 saturated carbocycles. The van der Waals surface area contributed by atoms with Gasteiger partial charge in [-0.25, -0.2) is 8.42 Å². The molecule has 0 amide bonds. The number of aliphatic hydroxyl groups excluding tert-OH is 1. The monoisotopic (exact) mass is 262 g/mol. The molecule has 0 aromatic rings. The van der Waals surface area contributed by atoms with E-state index in [1.54, 1.807) is 4.90 Å². The first kappa shape index (κ1) is 13.7. The summed E-state index contributed by atoms with van der Waals surface area (Å²) in [5.74, 6) is 0. The number of β-amino-alcohol motifs (C(OH)–C–C–N with tert-alkyl or cyclic N) is 1. The van der Waals surface area contributed by atoms with Crippen molar-refractivity contribution in [3.05, 3.63) is 0 Å². The highest BCUT2D eigenvalue weighted by atomic mass is 32.2. The van der Waals surface area contributed by atoms with E-state index in [4.69, 9.17) is 5.11 Å². The van der Waals surface area contributed by atoms with Gasteiger partial charge in [-0.05, 0) is 0 Å². The van der Waals surface area contributed by atoms with Crippen molar-refractivity contribution in [2.24, 2.45) is 0 Å². The Morgan fingerprint density at radius 1 is 1.12 bits per heavy atom. The lowest BCUT2D eigenvalue weighted by Gasteiger charge is -2.33. The van der Waals surface area contributed by atoms with Crippen molar-refractivity contribution in [2.45, 2.75) is 5.51 Å². The first-order valence-corrected chi connectivity index (χ1v) is 6.12. The summed E-state index contributed by atoms with van der Waals surface area (Å²) in [5, 5.41) is 8.62. The van der Waals surface area contributed by atoms with Crippen LogP contribution in [0.15, 0.2) is 0 Å². The standard InChI is InChI=1S/C7H13F3N2O3S/c8-7(9,10)16(14,15)12-3-1-11(2-4-12)5-6-13/h13H,1-6H2. The Balaban J connectivity index is 2.61. The number of halogens is 3. The Bertz CT molecular complexity index is 322. The van der Waals surface area contributed by atoms with Crippen LogP contribution in [0.1, 0.15) is 0 Å². The molecule has 1 aliphatic heterocycles. The molecule has 0 bridgehead atoms. The van der Waals surface area contributed by atoms with E-state index in [0.29, 0.717) is 10.8 Å². The molecule has 0 radical (unpaired) electrons. The van der Waals surface area contributed by atoms with Gasteiger partial charge in [0.05, 0.1) is 6.61 Å². The lowest BCUT2D eigenvalue weighted by Crippen LogP contribution is -2.52. The first-order valence-electron chi connectivity index (χ1n) is 4.68. The van der Waals surface area contributed by atoms with Crippen molar-refractivity contribution in [2.75, 3.05) is 39.3 Å². The van der Waals surface area contributed by atoms with Crippen LogP contribution in [0.4, 0.5) is 13.2 Å². The van der Waals surface area contributed by atoms with Crippen LogP contribution in [0, 0.1) is 0 Å². The lowest BCUT2D eigenvalue weighted by atomic mass is 10.4. The maximum Gasteiger partial charge on any atom is 0.511 e. The molecule has 1 N–H and O–H groups in total. The number of piperazine rings is 1. The Kier molecular flexibility index (Phi) is 4.16. The predicted molar refractivity (Wildman–Crippen MR) is 50.1 cm³/mol. The van der Waals surface area contributed by atoms with Gasteiger partial charge in [0.25, 0.3) is 0 Å². The van der Waals surface area contributed by atoms with Gasteiger partial charge in [0, 0.05) is 32.7 Å². The summed E-state index contributed by atoms with van der Waals surface area (Å²) in [6.45, 7) is 0.279. The van der Waals surface area contributed by atoms with Gasteiger partial charge < -0.3 is 5.11 Å². The normalized spacial score (nSPS) is 21.2. The molecule has 0 aromatic carbocycles. The van der Waals surface area contributed by atoms with E-state index >= 15 is 0 Å². The van der Waals surface area contributed by atoms with Crippen LogP contribution >= 0.6 is 0 Å². The lowest BCUT2D eigenvalue weighted by molar-refractivity contribution is -0.0500. The summed E-state index contributed by atoms with van der Waals surface area (Å²) in [6.07, 6.45) is 0. The maximum absolute atomic E-state index is 12.2. The molecule has 0 atom stereocenters. The number of sulfonamides is 1. The fourth-order valence-corrected chi connectivity index (χ4v) is 2.42. The molecule has 0 aromatic heterocycles. The third-order valence-electron chi connectivity index (χ3n) is 2.38. The van der Waals surface area contributed by atoms with Crippen molar-refractivity contribution in [3.63, 3.8) is 0 Å². The molecule has 96 valence electrons. The minimum atomic E-state index is -5.23. The molecule has 16 heavy (non-hydrogen) atoms. The molecule has 1 saturated heterocycles. The molecule has 0 spiro atoms. The fraction of sp³-hybridized carbons (Fsp3) is 1.00. The van der Waals surface area contributed by atoms with E-state index in [2.05, 4.69) is 0 Å². The molecule has 1 heterocycles. The maximum atomic E-state index is 12.2. The smallest absolute Gasteiger partial charge is 0.395 e. The van der Waals surface area contributed by atoms with Crippen LogP contribution in [0.3, 0.4) is 0 Å². The highest BCUT2D eigenvalue weighted by Gasteiger charge is 2.50. The first-order chi connectivity index (χ1) is 7.29. The number of alkyl halides is 3. The molecular weight excluding hydrogens is 249 g/mol. The topological polar surface area (TPSA) is 60.9 Å². The van der Waals surface area contributed by atoms with E-state index in [9.17, 15) is 21.6 Å². The van der Waals surface area contributed by atoms with Crippen molar-refractivity contribution in [1.82, 2.24) is 9.21 Å².